The van der Waals surface area contributed by atoms with Gasteiger partial charge in [-0.15, -0.1) is 0 Å². The largest absolute Gasteiger partial charge is 0.394 e. The van der Waals surface area contributed by atoms with Gasteiger partial charge in [0.25, 0.3) is 0 Å². The third-order valence-electron chi connectivity index (χ3n) is 2.85. The molecular formula is C13H19N3O2. The lowest BCUT2D eigenvalue weighted by atomic mass is 10.1. The van der Waals surface area contributed by atoms with Gasteiger partial charge < -0.3 is 15.1 Å². The second kappa shape index (κ2) is 5.48. The average molecular weight is 249 g/mol. The number of nitrogens with zero attached hydrogens (tertiary/aromatic N) is 3. The van der Waals surface area contributed by atoms with Crippen molar-refractivity contribution in [2.24, 2.45) is 0 Å². The molecule has 2 aromatic rings. The standard InChI is InChI=1S/C13H19N3O2/c1-15(2)9-12(18)13-10-5-3-4-6-11(10)14-16(13)7-8-17/h3-6,12,17-18H,7-9H2,1-2H3/t12-/m1/s1. The SMILES string of the molecule is CN(C)C[C@@H](O)c1c2ccccc2nn1CCO. The van der Waals surface area contributed by atoms with Gasteiger partial charge in [-0.05, 0) is 20.2 Å². The van der Waals surface area contributed by atoms with Gasteiger partial charge in [0.2, 0.25) is 0 Å². The lowest BCUT2D eigenvalue weighted by Gasteiger charge is -2.17. The van der Waals surface area contributed by atoms with Crippen molar-refractivity contribution in [1.82, 2.24) is 14.7 Å². The fourth-order valence-electron chi connectivity index (χ4n) is 2.15. The number of aromatic nitrogens is 2. The zero-order valence-corrected chi connectivity index (χ0v) is 10.7. The van der Waals surface area contributed by atoms with E-state index in [2.05, 4.69) is 5.10 Å². The predicted molar refractivity (Wildman–Crippen MR) is 70.3 cm³/mol. The summed E-state index contributed by atoms with van der Waals surface area (Å²) < 4.78 is 1.69. The van der Waals surface area contributed by atoms with Gasteiger partial charge in [-0.2, -0.15) is 5.10 Å². The molecule has 2 N–H and O–H groups in total. The number of fused-ring (bicyclic) bond motifs is 1. The second-order valence-corrected chi connectivity index (χ2v) is 4.63. The van der Waals surface area contributed by atoms with E-state index in [4.69, 9.17) is 5.11 Å². The number of hydrogen-bond acceptors (Lipinski definition) is 4. The minimum absolute atomic E-state index is 0.00960. The molecule has 0 saturated carbocycles. The first-order chi connectivity index (χ1) is 8.63. The van der Waals surface area contributed by atoms with E-state index in [1.54, 1.807) is 4.68 Å². The zero-order chi connectivity index (χ0) is 13.1. The minimum atomic E-state index is -0.612. The fraction of sp³-hybridized carbons (Fsp3) is 0.462. The molecule has 1 aromatic carbocycles. The van der Waals surface area contributed by atoms with Crippen molar-refractivity contribution >= 4 is 10.9 Å². The molecule has 0 aliphatic heterocycles. The highest BCUT2D eigenvalue weighted by Gasteiger charge is 2.18. The van der Waals surface area contributed by atoms with Gasteiger partial charge >= 0.3 is 0 Å². The Labute approximate surface area is 106 Å². The van der Waals surface area contributed by atoms with E-state index in [1.807, 2.05) is 43.3 Å². The molecule has 98 valence electrons. The van der Waals surface area contributed by atoms with Crippen LogP contribution in [0, 0.1) is 0 Å². The Morgan fingerprint density at radius 3 is 2.72 bits per heavy atom. The van der Waals surface area contributed by atoms with Gasteiger partial charge in [-0.25, -0.2) is 0 Å². The van der Waals surface area contributed by atoms with Gasteiger partial charge in [-0.3, -0.25) is 4.68 Å². The summed E-state index contributed by atoms with van der Waals surface area (Å²) in [5, 5.41) is 24.7. The third-order valence-corrected chi connectivity index (χ3v) is 2.85. The Balaban J connectivity index is 2.47. The highest BCUT2D eigenvalue weighted by atomic mass is 16.3. The zero-order valence-electron chi connectivity index (χ0n) is 10.7. The number of aliphatic hydroxyl groups is 2. The van der Waals surface area contributed by atoms with Crippen LogP contribution in [0.1, 0.15) is 11.8 Å². The van der Waals surface area contributed by atoms with Crippen LogP contribution in [-0.2, 0) is 6.54 Å². The van der Waals surface area contributed by atoms with E-state index in [-0.39, 0.29) is 6.61 Å². The van der Waals surface area contributed by atoms with Crippen LogP contribution in [0.5, 0.6) is 0 Å². The van der Waals surface area contributed by atoms with Crippen molar-refractivity contribution in [3.05, 3.63) is 30.0 Å². The van der Waals surface area contributed by atoms with Gasteiger partial charge in [0, 0.05) is 11.9 Å². The minimum Gasteiger partial charge on any atom is -0.394 e. The highest BCUT2D eigenvalue weighted by Crippen LogP contribution is 2.24. The molecule has 2 rings (SSSR count). The van der Waals surface area contributed by atoms with E-state index in [9.17, 15) is 5.11 Å². The third kappa shape index (κ3) is 2.53. The summed E-state index contributed by atoms with van der Waals surface area (Å²) in [5.41, 5.74) is 1.62. The molecule has 0 radical (unpaired) electrons. The first kappa shape index (κ1) is 13.0. The molecule has 0 fully saturated rings. The molecule has 0 aliphatic rings. The molecule has 0 amide bonds. The van der Waals surface area contributed by atoms with Crippen LogP contribution in [-0.4, -0.2) is 52.1 Å². The quantitative estimate of drug-likeness (QED) is 0.815. The molecule has 0 bridgehead atoms. The summed E-state index contributed by atoms with van der Waals surface area (Å²) in [7, 11) is 3.83. The molecular weight excluding hydrogens is 230 g/mol. The van der Waals surface area contributed by atoms with E-state index in [1.165, 1.54) is 0 Å². The van der Waals surface area contributed by atoms with Crippen LogP contribution < -0.4 is 0 Å². The Hall–Kier alpha value is -1.43. The molecule has 1 heterocycles. The van der Waals surface area contributed by atoms with Crippen molar-refractivity contribution in [1.29, 1.82) is 0 Å². The smallest absolute Gasteiger partial charge is 0.109 e. The fourth-order valence-corrected chi connectivity index (χ4v) is 2.15. The highest BCUT2D eigenvalue weighted by molar-refractivity contribution is 5.81. The van der Waals surface area contributed by atoms with Gasteiger partial charge in [0.05, 0.1) is 24.4 Å². The Morgan fingerprint density at radius 1 is 1.33 bits per heavy atom. The van der Waals surface area contributed by atoms with Crippen molar-refractivity contribution in [3.63, 3.8) is 0 Å². The number of benzene rings is 1. The maximum atomic E-state index is 10.3. The van der Waals surface area contributed by atoms with Crippen LogP contribution in [0.25, 0.3) is 10.9 Å². The van der Waals surface area contributed by atoms with Crippen LogP contribution in [0.3, 0.4) is 0 Å². The maximum absolute atomic E-state index is 10.3. The molecule has 5 nitrogen and oxygen atoms in total. The van der Waals surface area contributed by atoms with Crippen LogP contribution in [0.2, 0.25) is 0 Å². The number of likely N-dealkylation sites (N-methyl/N-ethyl adjacent to an activating group) is 1. The lowest BCUT2D eigenvalue weighted by Crippen LogP contribution is -2.23. The van der Waals surface area contributed by atoms with E-state index in [0.717, 1.165) is 16.6 Å². The first-order valence-electron chi connectivity index (χ1n) is 6.02. The molecule has 1 aromatic heterocycles. The summed E-state index contributed by atoms with van der Waals surface area (Å²) >= 11 is 0. The summed E-state index contributed by atoms with van der Waals surface area (Å²) in [4.78, 5) is 1.93. The van der Waals surface area contributed by atoms with E-state index >= 15 is 0 Å². The van der Waals surface area contributed by atoms with Crippen molar-refractivity contribution < 1.29 is 10.2 Å². The second-order valence-electron chi connectivity index (χ2n) is 4.63. The topological polar surface area (TPSA) is 61.5 Å². The van der Waals surface area contributed by atoms with Crippen molar-refractivity contribution in [3.8, 4) is 0 Å². The van der Waals surface area contributed by atoms with Crippen LogP contribution in [0.15, 0.2) is 24.3 Å². The number of aliphatic hydroxyl groups excluding tert-OH is 2. The van der Waals surface area contributed by atoms with Gasteiger partial charge in [0.1, 0.15) is 6.10 Å². The Bertz CT molecular complexity index is 522. The lowest BCUT2D eigenvalue weighted by molar-refractivity contribution is 0.128. The van der Waals surface area contributed by atoms with Gasteiger partial charge in [0.15, 0.2) is 0 Å². The molecule has 18 heavy (non-hydrogen) atoms. The molecule has 0 aliphatic carbocycles. The van der Waals surface area contributed by atoms with Gasteiger partial charge in [-0.1, -0.05) is 18.2 Å². The molecule has 1 atom stereocenters. The summed E-state index contributed by atoms with van der Waals surface area (Å²) in [5.74, 6) is 0. The van der Waals surface area contributed by atoms with Crippen LogP contribution in [0.4, 0.5) is 0 Å². The summed E-state index contributed by atoms with van der Waals surface area (Å²) in [6.45, 7) is 0.936. The molecule has 0 spiro atoms. The number of hydrogen-bond donors (Lipinski definition) is 2. The number of rotatable bonds is 5. The van der Waals surface area contributed by atoms with E-state index in [0.29, 0.717) is 13.1 Å². The first-order valence-corrected chi connectivity index (χ1v) is 6.02. The molecule has 5 heteroatoms. The molecule has 0 saturated heterocycles. The van der Waals surface area contributed by atoms with Crippen molar-refractivity contribution in [2.45, 2.75) is 12.6 Å². The average Bonchev–Trinajstić information content (AvgIpc) is 2.66. The monoisotopic (exact) mass is 249 g/mol. The van der Waals surface area contributed by atoms with Crippen LogP contribution >= 0.6 is 0 Å². The van der Waals surface area contributed by atoms with E-state index < -0.39 is 6.10 Å². The summed E-state index contributed by atoms with van der Waals surface area (Å²) in [6, 6.07) is 7.71. The Morgan fingerprint density at radius 2 is 2.06 bits per heavy atom. The molecule has 0 unspecified atom stereocenters. The normalized spacial score (nSPS) is 13.4. The summed E-state index contributed by atoms with van der Waals surface area (Å²) in [6.07, 6.45) is -0.612. The maximum Gasteiger partial charge on any atom is 0.109 e. The van der Waals surface area contributed by atoms with Crippen molar-refractivity contribution in [2.75, 3.05) is 27.2 Å². The Kier molecular flexibility index (Phi) is 3.96. The predicted octanol–water partition coefficient (Wildman–Crippen LogP) is 0.624.